The van der Waals surface area contributed by atoms with Gasteiger partial charge in [-0.1, -0.05) is 67.6 Å². The zero-order chi connectivity index (χ0) is 24.2. The fourth-order valence-electron chi connectivity index (χ4n) is 3.18. The van der Waals surface area contributed by atoms with E-state index in [1.165, 1.54) is 0 Å². The van der Waals surface area contributed by atoms with Crippen LogP contribution in [0.4, 0.5) is 0 Å². The first-order valence-electron chi connectivity index (χ1n) is 11.0. The van der Waals surface area contributed by atoms with E-state index < -0.39 is 24.1 Å². The van der Waals surface area contributed by atoms with Crippen LogP contribution in [0.5, 0.6) is 0 Å². The molecule has 0 spiro atoms. The van der Waals surface area contributed by atoms with Gasteiger partial charge in [0, 0.05) is 13.0 Å². The molecule has 0 fully saturated rings. The Morgan fingerprint density at radius 1 is 0.909 bits per heavy atom. The Morgan fingerprint density at radius 3 is 2.15 bits per heavy atom. The van der Waals surface area contributed by atoms with Crippen LogP contribution in [0.3, 0.4) is 0 Å². The number of carbonyl (C=O) groups is 3. The summed E-state index contributed by atoms with van der Waals surface area (Å²) in [5, 5.41) is 25.3. The Bertz CT molecular complexity index is 890. The van der Waals surface area contributed by atoms with E-state index in [2.05, 4.69) is 10.6 Å². The number of ether oxygens (including phenoxy) is 1. The molecule has 0 saturated heterocycles. The molecule has 33 heavy (non-hydrogen) atoms. The molecule has 0 saturated carbocycles. The lowest BCUT2D eigenvalue weighted by Crippen LogP contribution is -2.46. The maximum atomic E-state index is 12.2. The number of amides is 2. The van der Waals surface area contributed by atoms with Crippen molar-refractivity contribution >= 4 is 17.8 Å². The highest BCUT2D eigenvalue weighted by atomic mass is 16.5. The summed E-state index contributed by atoms with van der Waals surface area (Å²) in [6.07, 6.45) is -3.17. The highest BCUT2D eigenvalue weighted by Gasteiger charge is 2.31. The molecular formula is C25H32N2O6. The minimum Gasteiger partial charge on any atom is -0.459 e. The van der Waals surface area contributed by atoms with Gasteiger partial charge in [-0.15, -0.1) is 0 Å². The molecular weight excluding hydrogens is 424 g/mol. The van der Waals surface area contributed by atoms with Crippen LogP contribution in [-0.2, 0) is 25.7 Å². The zero-order valence-electron chi connectivity index (χ0n) is 18.9. The number of esters is 1. The summed E-state index contributed by atoms with van der Waals surface area (Å²) in [5.74, 6) is -2.08. The van der Waals surface area contributed by atoms with E-state index in [1.54, 1.807) is 24.3 Å². The lowest BCUT2D eigenvalue weighted by Gasteiger charge is -2.18. The van der Waals surface area contributed by atoms with E-state index >= 15 is 0 Å². The molecule has 8 nitrogen and oxygen atoms in total. The van der Waals surface area contributed by atoms with Gasteiger partial charge in [0.15, 0.2) is 12.2 Å². The molecule has 0 bridgehead atoms. The van der Waals surface area contributed by atoms with Crippen LogP contribution in [0.25, 0.3) is 0 Å². The second kappa shape index (κ2) is 13.3. The van der Waals surface area contributed by atoms with Crippen molar-refractivity contribution in [2.45, 2.75) is 51.5 Å². The van der Waals surface area contributed by atoms with Gasteiger partial charge in [0.05, 0.1) is 6.04 Å². The predicted molar refractivity (Wildman–Crippen MR) is 123 cm³/mol. The number of rotatable bonds is 12. The third kappa shape index (κ3) is 9.03. The minimum absolute atomic E-state index is 0.0221. The first-order chi connectivity index (χ1) is 15.8. The number of benzene rings is 2. The van der Waals surface area contributed by atoms with Crippen molar-refractivity contribution < 1.29 is 29.3 Å². The number of nitrogens with one attached hydrogen (secondary N) is 2. The normalized spacial score (nSPS) is 14.4. The van der Waals surface area contributed by atoms with Crippen molar-refractivity contribution in [1.29, 1.82) is 0 Å². The molecule has 0 heterocycles. The summed E-state index contributed by atoms with van der Waals surface area (Å²) in [6, 6.07) is 18.4. The Hall–Kier alpha value is -3.23. The zero-order valence-corrected chi connectivity index (χ0v) is 18.9. The topological polar surface area (TPSA) is 125 Å². The van der Waals surface area contributed by atoms with E-state index in [9.17, 15) is 24.6 Å². The molecule has 8 heteroatoms. The van der Waals surface area contributed by atoms with Crippen molar-refractivity contribution in [2.24, 2.45) is 5.92 Å². The van der Waals surface area contributed by atoms with E-state index in [1.807, 2.05) is 50.2 Å². The molecule has 2 aromatic rings. The van der Waals surface area contributed by atoms with Gasteiger partial charge in [-0.25, -0.2) is 4.79 Å². The maximum absolute atomic E-state index is 12.2. The Morgan fingerprint density at radius 2 is 1.52 bits per heavy atom. The van der Waals surface area contributed by atoms with Crippen LogP contribution in [0.1, 0.15) is 43.9 Å². The van der Waals surface area contributed by atoms with Crippen LogP contribution in [0.15, 0.2) is 60.7 Å². The molecule has 0 aliphatic rings. The van der Waals surface area contributed by atoms with Crippen molar-refractivity contribution in [3.8, 4) is 0 Å². The lowest BCUT2D eigenvalue weighted by molar-refractivity contribution is -0.164. The van der Waals surface area contributed by atoms with Gasteiger partial charge in [0.25, 0.3) is 5.91 Å². The smallest absolute Gasteiger partial charge is 0.338 e. The molecule has 2 aromatic carbocycles. The average molecular weight is 457 g/mol. The van der Waals surface area contributed by atoms with Crippen LogP contribution in [0, 0.1) is 5.92 Å². The first-order valence-corrected chi connectivity index (χ1v) is 11.0. The molecule has 0 aromatic heterocycles. The highest BCUT2D eigenvalue weighted by molar-refractivity contribution is 5.88. The summed E-state index contributed by atoms with van der Waals surface area (Å²) in [4.78, 5) is 36.2. The molecule has 4 atom stereocenters. The molecule has 178 valence electrons. The molecule has 2 rings (SSSR count). The molecule has 0 radical (unpaired) electrons. The third-order valence-corrected chi connectivity index (χ3v) is 5.18. The second-order valence-electron chi connectivity index (χ2n) is 8.07. The van der Waals surface area contributed by atoms with Crippen molar-refractivity contribution in [2.75, 3.05) is 6.54 Å². The SMILES string of the molecule is CC(NC(=O)C[C@@H](C)CCNC(=O)[C@@H](O)[C@H](O)C(=O)OCc1ccccc1)c1ccccc1. The van der Waals surface area contributed by atoms with E-state index in [4.69, 9.17) is 4.74 Å². The van der Waals surface area contributed by atoms with Gasteiger partial charge in [0.1, 0.15) is 6.61 Å². The van der Waals surface area contributed by atoms with Gasteiger partial charge >= 0.3 is 5.97 Å². The van der Waals surface area contributed by atoms with Gasteiger partial charge < -0.3 is 25.6 Å². The monoisotopic (exact) mass is 456 g/mol. The van der Waals surface area contributed by atoms with Crippen LogP contribution in [0.2, 0.25) is 0 Å². The fraction of sp³-hybridized carbons (Fsp3) is 0.400. The number of carbonyl (C=O) groups excluding carboxylic acids is 3. The summed E-state index contributed by atoms with van der Waals surface area (Å²) < 4.78 is 4.94. The molecule has 4 N–H and O–H groups in total. The lowest BCUT2D eigenvalue weighted by atomic mass is 10.0. The average Bonchev–Trinajstić information content (AvgIpc) is 2.82. The number of aliphatic hydroxyl groups is 2. The maximum Gasteiger partial charge on any atom is 0.338 e. The van der Waals surface area contributed by atoms with Gasteiger partial charge in [-0.2, -0.15) is 0 Å². The fourth-order valence-corrected chi connectivity index (χ4v) is 3.18. The Labute approximate surface area is 194 Å². The minimum atomic E-state index is -1.99. The van der Waals surface area contributed by atoms with E-state index in [-0.39, 0.29) is 37.4 Å². The van der Waals surface area contributed by atoms with Crippen molar-refractivity contribution in [1.82, 2.24) is 10.6 Å². The van der Waals surface area contributed by atoms with E-state index in [0.29, 0.717) is 12.0 Å². The van der Waals surface area contributed by atoms with Crippen LogP contribution >= 0.6 is 0 Å². The molecule has 0 aliphatic heterocycles. The molecule has 0 aliphatic carbocycles. The number of hydrogen-bond donors (Lipinski definition) is 4. The quantitative estimate of drug-likeness (QED) is 0.361. The van der Waals surface area contributed by atoms with Crippen molar-refractivity contribution in [3.05, 3.63) is 71.8 Å². The van der Waals surface area contributed by atoms with Crippen LogP contribution < -0.4 is 10.6 Å². The molecule has 2 amide bonds. The second-order valence-corrected chi connectivity index (χ2v) is 8.07. The van der Waals surface area contributed by atoms with Gasteiger partial charge in [-0.05, 0) is 30.4 Å². The summed E-state index contributed by atoms with van der Waals surface area (Å²) in [6.45, 7) is 3.90. The Kier molecular flexibility index (Phi) is 10.5. The number of hydrogen-bond acceptors (Lipinski definition) is 6. The van der Waals surface area contributed by atoms with Gasteiger partial charge in [-0.3, -0.25) is 9.59 Å². The third-order valence-electron chi connectivity index (χ3n) is 5.18. The van der Waals surface area contributed by atoms with E-state index in [0.717, 1.165) is 5.56 Å². The predicted octanol–water partition coefficient (Wildman–Crippen LogP) is 1.86. The highest BCUT2D eigenvalue weighted by Crippen LogP contribution is 2.13. The van der Waals surface area contributed by atoms with Crippen molar-refractivity contribution in [3.63, 3.8) is 0 Å². The molecule has 1 unspecified atom stereocenters. The first kappa shape index (κ1) is 26.0. The summed E-state index contributed by atoms with van der Waals surface area (Å²) >= 11 is 0. The summed E-state index contributed by atoms with van der Waals surface area (Å²) in [7, 11) is 0. The number of aliphatic hydroxyl groups excluding tert-OH is 2. The standard InChI is InChI=1S/C25H32N2O6/c1-17(15-21(28)27-18(2)20-11-7-4-8-12-20)13-14-26-24(31)22(29)23(30)25(32)33-16-19-9-5-3-6-10-19/h3-12,17-18,22-23,29-30H,13-16H2,1-2H3,(H,26,31)(H,27,28)/t17-,18?,22-,23-/m0/s1. The Balaban J connectivity index is 1.67. The summed E-state index contributed by atoms with van der Waals surface area (Å²) in [5.41, 5.74) is 1.73. The van der Waals surface area contributed by atoms with Crippen LogP contribution in [-0.4, -0.2) is 46.7 Å². The largest absolute Gasteiger partial charge is 0.459 e. The van der Waals surface area contributed by atoms with Gasteiger partial charge in [0.2, 0.25) is 5.91 Å².